The van der Waals surface area contributed by atoms with Gasteiger partial charge in [-0.25, -0.2) is 4.39 Å². The number of rotatable bonds is 4. The molecule has 14 heavy (non-hydrogen) atoms. The van der Waals surface area contributed by atoms with Crippen molar-refractivity contribution < 1.29 is 4.39 Å². The number of alkyl halides is 1. The fourth-order valence-electron chi connectivity index (χ4n) is 2.31. The highest BCUT2D eigenvalue weighted by atomic mass is 19.1. The summed E-state index contributed by atoms with van der Waals surface area (Å²) in [5.41, 5.74) is -1.03. The van der Waals surface area contributed by atoms with Gasteiger partial charge in [-0.3, -0.25) is 0 Å². The van der Waals surface area contributed by atoms with E-state index >= 15 is 0 Å². The summed E-state index contributed by atoms with van der Waals surface area (Å²) in [4.78, 5) is 2.32. The number of hydrogen-bond acceptors (Lipinski definition) is 2. The average molecular weight is 202 g/mol. The average Bonchev–Trinajstić information content (AvgIpc) is 2.08. The van der Waals surface area contributed by atoms with Crippen LogP contribution in [0.25, 0.3) is 0 Å². The summed E-state index contributed by atoms with van der Waals surface area (Å²) < 4.78 is 13.9. The van der Waals surface area contributed by atoms with Crippen molar-refractivity contribution in [2.75, 3.05) is 33.7 Å². The van der Waals surface area contributed by atoms with Gasteiger partial charge in [0.25, 0.3) is 0 Å². The Balaban J connectivity index is 2.29. The first-order valence-electron chi connectivity index (χ1n) is 5.55. The molecular formula is C11H23FN2. The second kappa shape index (κ2) is 5.08. The van der Waals surface area contributed by atoms with Crippen LogP contribution in [0, 0.1) is 5.92 Å². The molecule has 0 aromatic rings. The van der Waals surface area contributed by atoms with E-state index in [1.54, 1.807) is 6.92 Å². The van der Waals surface area contributed by atoms with Crippen molar-refractivity contribution in [3.8, 4) is 0 Å². The molecule has 0 bridgehead atoms. The third-order valence-corrected chi connectivity index (χ3v) is 3.10. The Hall–Kier alpha value is -0.150. The molecule has 1 rings (SSSR count). The highest BCUT2D eigenvalue weighted by Gasteiger charge is 2.28. The number of nitrogens with one attached hydrogen (secondary N) is 1. The lowest BCUT2D eigenvalue weighted by molar-refractivity contribution is 0.112. The van der Waals surface area contributed by atoms with E-state index in [1.165, 1.54) is 0 Å². The van der Waals surface area contributed by atoms with Crippen molar-refractivity contribution in [2.24, 2.45) is 5.92 Å². The summed E-state index contributed by atoms with van der Waals surface area (Å²) in [6, 6.07) is 0. The lowest BCUT2D eigenvalue weighted by Gasteiger charge is -2.32. The Morgan fingerprint density at radius 3 is 2.50 bits per heavy atom. The van der Waals surface area contributed by atoms with Gasteiger partial charge in [-0.05, 0) is 59.3 Å². The summed E-state index contributed by atoms with van der Waals surface area (Å²) in [5, 5.41) is 2.92. The van der Waals surface area contributed by atoms with Crippen LogP contribution in [0.3, 0.4) is 0 Å². The summed E-state index contributed by atoms with van der Waals surface area (Å²) in [6.07, 6.45) is 3.02. The van der Waals surface area contributed by atoms with Gasteiger partial charge in [0.1, 0.15) is 5.67 Å². The normalized spacial score (nSPS) is 24.9. The molecule has 1 saturated heterocycles. The van der Waals surface area contributed by atoms with Crippen LogP contribution in [-0.2, 0) is 0 Å². The smallest absolute Gasteiger partial charge is 0.120 e. The predicted molar refractivity (Wildman–Crippen MR) is 58.3 cm³/mol. The second-order valence-electron chi connectivity index (χ2n) is 4.89. The molecule has 0 saturated carbocycles. The van der Waals surface area contributed by atoms with Gasteiger partial charge < -0.3 is 10.2 Å². The minimum atomic E-state index is -1.03. The van der Waals surface area contributed by atoms with Gasteiger partial charge in [0.05, 0.1) is 0 Å². The first kappa shape index (κ1) is 11.9. The van der Waals surface area contributed by atoms with Crippen LogP contribution in [0.2, 0.25) is 0 Å². The Morgan fingerprint density at radius 1 is 1.43 bits per heavy atom. The Kier molecular flexibility index (Phi) is 4.32. The Morgan fingerprint density at radius 2 is 2.00 bits per heavy atom. The minimum absolute atomic E-state index is 0.472. The lowest BCUT2D eigenvalue weighted by Crippen LogP contribution is -2.37. The van der Waals surface area contributed by atoms with Crippen molar-refractivity contribution >= 4 is 0 Å². The van der Waals surface area contributed by atoms with Gasteiger partial charge in [-0.15, -0.1) is 0 Å². The van der Waals surface area contributed by atoms with Gasteiger partial charge in [0, 0.05) is 6.54 Å². The van der Waals surface area contributed by atoms with E-state index in [2.05, 4.69) is 17.3 Å². The number of hydrogen-bond donors (Lipinski definition) is 1. The molecule has 1 N–H and O–H groups in total. The van der Waals surface area contributed by atoms with Crippen LogP contribution in [0.5, 0.6) is 0 Å². The van der Waals surface area contributed by atoms with E-state index in [9.17, 15) is 4.39 Å². The maximum atomic E-state index is 13.9. The van der Waals surface area contributed by atoms with Gasteiger partial charge in [-0.1, -0.05) is 0 Å². The molecule has 1 unspecified atom stereocenters. The van der Waals surface area contributed by atoms with Gasteiger partial charge >= 0.3 is 0 Å². The highest BCUT2D eigenvalue weighted by molar-refractivity contribution is 4.82. The molecule has 0 aromatic carbocycles. The molecule has 2 nitrogen and oxygen atoms in total. The molecule has 0 spiro atoms. The van der Waals surface area contributed by atoms with E-state index in [4.69, 9.17) is 0 Å². The van der Waals surface area contributed by atoms with Gasteiger partial charge in [0.2, 0.25) is 0 Å². The topological polar surface area (TPSA) is 15.3 Å². The van der Waals surface area contributed by atoms with E-state index in [0.29, 0.717) is 18.9 Å². The van der Waals surface area contributed by atoms with Crippen molar-refractivity contribution in [1.29, 1.82) is 0 Å². The standard InChI is InChI=1S/C11H23FN2/c1-11(12,9-13-2)8-10-4-6-14(3)7-5-10/h10,13H,4-9H2,1-3H3. The molecule has 0 radical (unpaired) electrons. The molecule has 1 heterocycles. The van der Waals surface area contributed by atoms with E-state index in [1.807, 2.05) is 7.05 Å². The van der Waals surface area contributed by atoms with Crippen LogP contribution in [0.1, 0.15) is 26.2 Å². The van der Waals surface area contributed by atoms with Crippen molar-refractivity contribution in [3.05, 3.63) is 0 Å². The largest absolute Gasteiger partial charge is 0.317 e. The van der Waals surface area contributed by atoms with Crippen molar-refractivity contribution in [3.63, 3.8) is 0 Å². The van der Waals surface area contributed by atoms with Crippen LogP contribution in [0.4, 0.5) is 4.39 Å². The number of nitrogens with zero attached hydrogens (tertiary/aromatic N) is 1. The molecule has 0 aliphatic carbocycles. The van der Waals surface area contributed by atoms with Gasteiger partial charge in [-0.2, -0.15) is 0 Å². The Bertz CT molecular complexity index is 163. The van der Waals surface area contributed by atoms with Crippen LogP contribution >= 0.6 is 0 Å². The molecule has 0 amide bonds. The molecule has 1 fully saturated rings. The van der Waals surface area contributed by atoms with Crippen LogP contribution in [0.15, 0.2) is 0 Å². The van der Waals surface area contributed by atoms with E-state index in [-0.39, 0.29) is 0 Å². The molecule has 1 aliphatic rings. The number of halogens is 1. The number of likely N-dealkylation sites (tertiary alicyclic amines) is 1. The van der Waals surface area contributed by atoms with Crippen molar-refractivity contribution in [2.45, 2.75) is 31.9 Å². The van der Waals surface area contributed by atoms with E-state index in [0.717, 1.165) is 25.9 Å². The molecule has 1 aliphatic heterocycles. The second-order valence-corrected chi connectivity index (χ2v) is 4.89. The minimum Gasteiger partial charge on any atom is -0.317 e. The highest BCUT2D eigenvalue weighted by Crippen LogP contribution is 2.27. The maximum absolute atomic E-state index is 13.9. The van der Waals surface area contributed by atoms with Crippen molar-refractivity contribution in [1.82, 2.24) is 10.2 Å². The van der Waals surface area contributed by atoms with Crippen LogP contribution < -0.4 is 5.32 Å². The zero-order valence-electron chi connectivity index (χ0n) is 9.65. The summed E-state index contributed by atoms with van der Waals surface area (Å²) in [7, 11) is 3.95. The quantitative estimate of drug-likeness (QED) is 0.746. The Labute approximate surface area is 86.9 Å². The number of piperidine rings is 1. The molecule has 1 atom stereocenters. The lowest BCUT2D eigenvalue weighted by atomic mass is 9.86. The molecule has 3 heteroatoms. The fourth-order valence-corrected chi connectivity index (χ4v) is 2.31. The monoisotopic (exact) mass is 202 g/mol. The maximum Gasteiger partial charge on any atom is 0.120 e. The SMILES string of the molecule is CNCC(C)(F)CC1CCN(C)CC1. The third-order valence-electron chi connectivity index (χ3n) is 3.10. The summed E-state index contributed by atoms with van der Waals surface area (Å²) in [6.45, 7) is 4.43. The zero-order valence-corrected chi connectivity index (χ0v) is 9.65. The predicted octanol–water partition coefficient (Wildman–Crippen LogP) is 1.67. The fraction of sp³-hybridized carbons (Fsp3) is 1.00. The third kappa shape index (κ3) is 3.93. The zero-order chi connectivity index (χ0) is 10.6. The first-order chi connectivity index (χ1) is 6.53. The summed E-state index contributed by atoms with van der Waals surface area (Å²) >= 11 is 0. The molecule has 0 aromatic heterocycles. The summed E-state index contributed by atoms with van der Waals surface area (Å²) in [5.74, 6) is 0.578. The first-order valence-corrected chi connectivity index (χ1v) is 5.55. The molecule has 84 valence electrons. The van der Waals surface area contributed by atoms with Crippen LogP contribution in [-0.4, -0.2) is 44.3 Å². The van der Waals surface area contributed by atoms with E-state index < -0.39 is 5.67 Å². The van der Waals surface area contributed by atoms with Gasteiger partial charge in [0.15, 0.2) is 0 Å². The molecular weight excluding hydrogens is 179 g/mol.